The molecule has 5 heteroatoms. The molecule has 1 unspecified atom stereocenters. The number of hydrogen-bond donors (Lipinski definition) is 3. The number of nitrogens with one attached hydrogen (secondary N) is 2. The van der Waals surface area contributed by atoms with E-state index in [1.165, 1.54) is 0 Å². The standard InChI is InChI=1S/C14H16N2O3/c1-3-10-11(13(17)18)12(16-14(19)15-10)9-6-4-8(2)5-7-9/h4-7,12H,3H2,1-2H3,(H,17,18)(H2,15,16,19). The first-order chi connectivity index (χ1) is 9.02. The van der Waals surface area contributed by atoms with Gasteiger partial charge in [-0.2, -0.15) is 0 Å². The van der Waals surface area contributed by atoms with Crippen molar-refractivity contribution in [3.63, 3.8) is 0 Å². The maximum atomic E-state index is 11.6. The smallest absolute Gasteiger partial charge is 0.335 e. The third-order valence-corrected chi connectivity index (χ3v) is 3.15. The first-order valence-corrected chi connectivity index (χ1v) is 6.13. The van der Waals surface area contributed by atoms with Gasteiger partial charge >= 0.3 is 12.0 Å². The van der Waals surface area contributed by atoms with Crippen molar-refractivity contribution < 1.29 is 14.7 Å². The Kier molecular flexibility index (Phi) is 3.55. The van der Waals surface area contributed by atoms with Gasteiger partial charge in [0.15, 0.2) is 0 Å². The number of urea groups is 1. The minimum absolute atomic E-state index is 0.200. The molecule has 0 saturated heterocycles. The molecule has 2 rings (SSSR count). The molecular formula is C14H16N2O3. The van der Waals surface area contributed by atoms with E-state index in [9.17, 15) is 14.7 Å². The monoisotopic (exact) mass is 260 g/mol. The summed E-state index contributed by atoms with van der Waals surface area (Å²) in [6.07, 6.45) is 0.470. The van der Waals surface area contributed by atoms with Gasteiger partial charge in [-0.3, -0.25) is 0 Å². The van der Waals surface area contributed by atoms with Crippen LogP contribution in [0.5, 0.6) is 0 Å². The molecule has 19 heavy (non-hydrogen) atoms. The lowest BCUT2D eigenvalue weighted by Crippen LogP contribution is -2.45. The zero-order valence-corrected chi connectivity index (χ0v) is 10.9. The number of carboxylic acid groups (broad SMARTS) is 1. The van der Waals surface area contributed by atoms with E-state index < -0.39 is 12.0 Å². The molecule has 2 amide bonds. The number of benzene rings is 1. The summed E-state index contributed by atoms with van der Waals surface area (Å²) in [5, 5.41) is 14.6. The fourth-order valence-corrected chi connectivity index (χ4v) is 2.16. The molecule has 1 aliphatic rings. The lowest BCUT2D eigenvalue weighted by atomic mass is 9.94. The van der Waals surface area contributed by atoms with Gasteiger partial charge in [0.2, 0.25) is 0 Å². The van der Waals surface area contributed by atoms with Crippen molar-refractivity contribution in [3.05, 3.63) is 46.7 Å². The summed E-state index contributed by atoms with van der Waals surface area (Å²) in [6, 6.07) is 6.49. The molecule has 0 radical (unpaired) electrons. The Morgan fingerprint density at radius 2 is 1.95 bits per heavy atom. The summed E-state index contributed by atoms with van der Waals surface area (Å²) in [5.41, 5.74) is 2.51. The summed E-state index contributed by atoms with van der Waals surface area (Å²) >= 11 is 0. The van der Waals surface area contributed by atoms with Crippen LogP contribution in [0, 0.1) is 6.92 Å². The molecule has 1 atom stereocenters. The Hall–Kier alpha value is -2.30. The lowest BCUT2D eigenvalue weighted by Gasteiger charge is -2.28. The number of amides is 2. The SMILES string of the molecule is CCC1=C(C(=O)O)C(c2ccc(C)cc2)NC(=O)N1. The molecule has 0 saturated carbocycles. The molecule has 3 N–H and O–H groups in total. The van der Waals surface area contributed by atoms with Crippen molar-refractivity contribution in [1.82, 2.24) is 10.6 Å². The van der Waals surface area contributed by atoms with Crippen molar-refractivity contribution >= 4 is 12.0 Å². The highest BCUT2D eigenvalue weighted by atomic mass is 16.4. The van der Waals surface area contributed by atoms with Crippen LogP contribution in [0.25, 0.3) is 0 Å². The number of allylic oxidation sites excluding steroid dienone is 1. The van der Waals surface area contributed by atoms with E-state index in [-0.39, 0.29) is 11.6 Å². The normalized spacial score (nSPS) is 18.8. The number of aryl methyl sites for hydroxylation is 1. The first kappa shape index (κ1) is 13.1. The Morgan fingerprint density at radius 1 is 1.32 bits per heavy atom. The molecule has 0 bridgehead atoms. The highest BCUT2D eigenvalue weighted by Crippen LogP contribution is 2.27. The lowest BCUT2D eigenvalue weighted by molar-refractivity contribution is -0.133. The van der Waals surface area contributed by atoms with E-state index in [1.54, 1.807) is 0 Å². The van der Waals surface area contributed by atoms with E-state index in [0.717, 1.165) is 11.1 Å². The van der Waals surface area contributed by atoms with Crippen molar-refractivity contribution in [2.75, 3.05) is 0 Å². The maximum Gasteiger partial charge on any atom is 0.335 e. The van der Waals surface area contributed by atoms with E-state index in [1.807, 2.05) is 38.1 Å². The van der Waals surface area contributed by atoms with E-state index in [0.29, 0.717) is 12.1 Å². The van der Waals surface area contributed by atoms with Crippen LogP contribution in [0.15, 0.2) is 35.5 Å². The number of carbonyl (C=O) groups excluding carboxylic acids is 1. The van der Waals surface area contributed by atoms with Gasteiger partial charge in [0.1, 0.15) is 0 Å². The van der Waals surface area contributed by atoms with Gasteiger partial charge in [0.05, 0.1) is 11.6 Å². The second-order valence-corrected chi connectivity index (χ2v) is 4.49. The van der Waals surface area contributed by atoms with Crippen LogP contribution >= 0.6 is 0 Å². The second-order valence-electron chi connectivity index (χ2n) is 4.49. The Morgan fingerprint density at radius 3 is 2.47 bits per heavy atom. The first-order valence-electron chi connectivity index (χ1n) is 6.13. The van der Waals surface area contributed by atoms with Crippen molar-refractivity contribution in [2.24, 2.45) is 0 Å². The summed E-state index contributed by atoms with van der Waals surface area (Å²) in [6.45, 7) is 3.77. The Labute approximate surface area is 111 Å². The fourth-order valence-electron chi connectivity index (χ4n) is 2.16. The molecule has 0 aromatic heterocycles. The quantitative estimate of drug-likeness (QED) is 0.778. The van der Waals surface area contributed by atoms with Gasteiger partial charge in [-0.1, -0.05) is 36.8 Å². The van der Waals surface area contributed by atoms with Crippen LogP contribution in [0.3, 0.4) is 0 Å². The molecule has 0 spiro atoms. The van der Waals surface area contributed by atoms with Crippen LogP contribution in [0.2, 0.25) is 0 Å². The summed E-state index contributed by atoms with van der Waals surface area (Å²) in [7, 11) is 0. The van der Waals surface area contributed by atoms with Crippen molar-refractivity contribution in [2.45, 2.75) is 26.3 Å². The zero-order valence-electron chi connectivity index (χ0n) is 10.9. The fraction of sp³-hybridized carbons (Fsp3) is 0.286. The van der Waals surface area contributed by atoms with Crippen LogP contribution in [-0.2, 0) is 4.79 Å². The number of carboxylic acids is 1. The number of aliphatic carboxylic acids is 1. The number of hydrogen-bond acceptors (Lipinski definition) is 2. The topological polar surface area (TPSA) is 78.4 Å². The zero-order chi connectivity index (χ0) is 14.0. The molecule has 0 fully saturated rings. The van der Waals surface area contributed by atoms with Gasteiger partial charge in [0.25, 0.3) is 0 Å². The van der Waals surface area contributed by atoms with Crippen LogP contribution < -0.4 is 10.6 Å². The Balaban J connectivity index is 2.49. The van der Waals surface area contributed by atoms with E-state index in [4.69, 9.17) is 0 Å². The van der Waals surface area contributed by atoms with E-state index in [2.05, 4.69) is 10.6 Å². The van der Waals surface area contributed by atoms with Crippen molar-refractivity contribution in [3.8, 4) is 0 Å². The van der Waals surface area contributed by atoms with Gasteiger partial charge in [0, 0.05) is 5.70 Å². The predicted molar refractivity (Wildman–Crippen MR) is 70.5 cm³/mol. The minimum Gasteiger partial charge on any atom is -0.478 e. The van der Waals surface area contributed by atoms with Gasteiger partial charge in [-0.05, 0) is 18.9 Å². The predicted octanol–water partition coefficient (Wildman–Crippen LogP) is 2.10. The molecule has 100 valence electrons. The molecule has 5 nitrogen and oxygen atoms in total. The molecular weight excluding hydrogens is 244 g/mol. The maximum absolute atomic E-state index is 11.6. The third-order valence-electron chi connectivity index (χ3n) is 3.15. The summed E-state index contributed by atoms with van der Waals surface area (Å²) in [5.74, 6) is -1.02. The van der Waals surface area contributed by atoms with Crippen LogP contribution in [0.4, 0.5) is 4.79 Å². The van der Waals surface area contributed by atoms with Gasteiger partial charge in [-0.25, -0.2) is 9.59 Å². The highest BCUT2D eigenvalue weighted by Gasteiger charge is 2.31. The molecule has 1 heterocycles. The second kappa shape index (κ2) is 5.14. The number of rotatable bonds is 3. The van der Waals surface area contributed by atoms with E-state index >= 15 is 0 Å². The van der Waals surface area contributed by atoms with Crippen molar-refractivity contribution in [1.29, 1.82) is 0 Å². The van der Waals surface area contributed by atoms with Gasteiger partial charge in [-0.15, -0.1) is 0 Å². The molecule has 1 aromatic rings. The largest absolute Gasteiger partial charge is 0.478 e. The highest BCUT2D eigenvalue weighted by molar-refractivity contribution is 5.93. The molecule has 1 aliphatic heterocycles. The molecule has 1 aromatic carbocycles. The summed E-state index contributed by atoms with van der Waals surface area (Å²) < 4.78 is 0. The minimum atomic E-state index is -1.02. The third kappa shape index (κ3) is 2.59. The van der Waals surface area contributed by atoms with Gasteiger partial charge < -0.3 is 15.7 Å². The van der Waals surface area contributed by atoms with Crippen LogP contribution in [-0.4, -0.2) is 17.1 Å². The van der Waals surface area contributed by atoms with Crippen LogP contribution in [0.1, 0.15) is 30.5 Å². The molecule has 0 aliphatic carbocycles. The number of carbonyl (C=O) groups is 2. The Bertz CT molecular complexity index is 546. The average molecular weight is 260 g/mol. The summed E-state index contributed by atoms with van der Waals surface area (Å²) in [4.78, 5) is 23.0. The average Bonchev–Trinajstić information content (AvgIpc) is 2.38.